The highest BCUT2D eigenvalue weighted by molar-refractivity contribution is 6.11. The van der Waals surface area contributed by atoms with E-state index in [1.165, 1.54) is 5.56 Å². The van der Waals surface area contributed by atoms with Gasteiger partial charge in [0.15, 0.2) is 5.65 Å². The molecule has 0 spiro atoms. The molecule has 2 aromatic carbocycles. The molecule has 33 heavy (non-hydrogen) atoms. The fourth-order valence-electron chi connectivity index (χ4n) is 4.21. The van der Waals surface area contributed by atoms with Gasteiger partial charge in [0.25, 0.3) is 5.91 Å². The summed E-state index contributed by atoms with van der Waals surface area (Å²) in [7, 11) is 0. The number of hydrogen-bond donors (Lipinski definition) is 2. The van der Waals surface area contributed by atoms with Crippen molar-refractivity contribution < 1.29 is 4.79 Å². The van der Waals surface area contributed by atoms with Crippen LogP contribution >= 0.6 is 0 Å². The zero-order valence-electron chi connectivity index (χ0n) is 20.1. The number of carbonyl (C=O) groups excluding carboxylic acids is 1. The van der Waals surface area contributed by atoms with Crippen LogP contribution in [0.3, 0.4) is 0 Å². The summed E-state index contributed by atoms with van der Waals surface area (Å²) in [5, 5.41) is 3.14. The molecule has 4 rings (SSSR count). The second kappa shape index (κ2) is 9.22. The second-order valence-corrected chi connectivity index (χ2v) is 9.45. The quantitative estimate of drug-likeness (QED) is 0.383. The highest BCUT2D eigenvalue weighted by atomic mass is 16.1. The summed E-state index contributed by atoms with van der Waals surface area (Å²) >= 11 is 0. The van der Waals surface area contributed by atoms with Crippen molar-refractivity contribution in [3.63, 3.8) is 0 Å². The fourth-order valence-corrected chi connectivity index (χ4v) is 4.21. The lowest BCUT2D eigenvalue weighted by Gasteiger charge is -2.15. The average molecular weight is 444 g/mol. The third-order valence-electron chi connectivity index (χ3n) is 6.27. The van der Waals surface area contributed by atoms with Gasteiger partial charge in [0.1, 0.15) is 16.9 Å². The van der Waals surface area contributed by atoms with Crippen LogP contribution in [0.25, 0.3) is 27.9 Å². The topological polar surface area (TPSA) is 85.8 Å². The van der Waals surface area contributed by atoms with Crippen molar-refractivity contribution in [2.75, 3.05) is 5.73 Å². The molecule has 2 heterocycles. The molecule has 1 atom stereocenters. The molecule has 172 valence electrons. The predicted octanol–water partition coefficient (Wildman–Crippen LogP) is 5.72. The highest BCUT2D eigenvalue weighted by Gasteiger charge is 2.25. The van der Waals surface area contributed by atoms with Crippen LogP contribution in [0.4, 0.5) is 5.82 Å². The van der Waals surface area contributed by atoms with Crippen LogP contribution in [-0.2, 0) is 0 Å². The van der Waals surface area contributed by atoms with Gasteiger partial charge in [0, 0.05) is 11.7 Å². The first-order valence-corrected chi connectivity index (χ1v) is 11.7. The van der Waals surface area contributed by atoms with E-state index in [0.29, 0.717) is 28.5 Å². The van der Waals surface area contributed by atoms with Crippen molar-refractivity contribution in [1.29, 1.82) is 0 Å². The maximum absolute atomic E-state index is 13.4. The smallest absolute Gasteiger partial charge is 0.257 e. The van der Waals surface area contributed by atoms with Gasteiger partial charge in [-0.3, -0.25) is 9.36 Å². The molecule has 3 N–H and O–H groups in total. The van der Waals surface area contributed by atoms with Gasteiger partial charge in [-0.1, -0.05) is 44.9 Å². The summed E-state index contributed by atoms with van der Waals surface area (Å²) in [6.45, 7) is 10.6. The minimum Gasteiger partial charge on any atom is -0.384 e. The number of nitrogen functional groups attached to an aromatic ring is 1. The van der Waals surface area contributed by atoms with E-state index in [1.54, 1.807) is 0 Å². The van der Waals surface area contributed by atoms with E-state index in [1.807, 2.05) is 41.8 Å². The molecule has 0 bridgehead atoms. The van der Waals surface area contributed by atoms with E-state index in [-0.39, 0.29) is 11.9 Å². The lowest BCUT2D eigenvalue weighted by Crippen LogP contribution is -2.33. The van der Waals surface area contributed by atoms with E-state index in [4.69, 9.17) is 15.7 Å². The third kappa shape index (κ3) is 4.56. The van der Waals surface area contributed by atoms with E-state index in [9.17, 15) is 4.79 Å². The van der Waals surface area contributed by atoms with Crippen molar-refractivity contribution in [2.45, 2.75) is 59.9 Å². The number of nitrogens with one attached hydrogen (secondary N) is 1. The van der Waals surface area contributed by atoms with Crippen LogP contribution in [0.2, 0.25) is 0 Å². The van der Waals surface area contributed by atoms with E-state index < -0.39 is 0 Å². The van der Waals surface area contributed by atoms with Crippen LogP contribution in [0.15, 0.2) is 42.5 Å². The second-order valence-electron chi connectivity index (χ2n) is 9.45. The Labute approximate surface area is 195 Å². The van der Waals surface area contributed by atoms with Gasteiger partial charge in [0.05, 0.1) is 11.0 Å². The number of amides is 1. The average Bonchev–Trinajstić information content (AvgIpc) is 3.04. The lowest BCUT2D eigenvalue weighted by atomic mass is 10.0. The maximum atomic E-state index is 13.4. The molecule has 6 nitrogen and oxygen atoms in total. The number of benzene rings is 2. The standard InChI is InChI=1S/C27H33N5O/c1-16(2)9-8-10-19(5)29-27(33)23-24-26(31-22-12-7-6-11-21(22)30-24)32(25(23)28)20-14-13-17(3)18(4)15-20/h6-7,11-16,19H,8-10,28H2,1-5H3,(H,29,33)/t19-/m1/s1. The molecular weight excluding hydrogens is 410 g/mol. The van der Waals surface area contributed by atoms with Gasteiger partial charge in [-0.25, -0.2) is 9.97 Å². The Kier molecular flexibility index (Phi) is 6.36. The molecule has 0 aliphatic heterocycles. The number of nitrogens with two attached hydrogens (primary N) is 1. The van der Waals surface area contributed by atoms with Crippen LogP contribution in [0.1, 0.15) is 61.5 Å². The van der Waals surface area contributed by atoms with Crippen molar-refractivity contribution in [3.05, 3.63) is 59.2 Å². The Balaban J connectivity index is 1.81. The Morgan fingerprint density at radius 1 is 1.00 bits per heavy atom. The van der Waals surface area contributed by atoms with Gasteiger partial charge in [-0.15, -0.1) is 0 Å². The number of aryl methyl sites for hydroxylation is 2. The summed E-state index contributed by atoms with van der Waals surface area (Å²) in [4.78, 5) is 23.1. The Morgan fingerprint density at radius 3 is 2.36 bits per heavy atom. The van der Waals surface area contributed by atoms with Crippen LogP contribution in [-0.4, -0.2) is 26.5 Å². The molecule has 2 aromatic heterocycles. The van der Waals surface area contributed by atoms with E-state index >= 15 is 0 Å². The summed E-state index contributed by atoms with van der Waals surface area (Å²) in [6.07, 6.45) is 3.14. The molecule has 0 radical (unpaired) electrons. The first-order chi connectivity index (χ1) is 15.8. The molecular formula is C27H33N5O. The molecule has 0 unspecified atom stereocenters. The number of fused-ring (bicyclic) bond motifs is 2. The predicted molar refractivity (Wildman–Crippen MR) is 136 cm³/mol. The number of aromatic nitrogens is 3. The number of nitrogens with zero attached hydrogens (tertiary/aromatic N) is 3. The normalized spacial score (nSPS) is 12.5. The van der Waals surface area contributed by atoms with E-state index in [2.05, 4.69) is 45.1 Å². The SMILES string of the molecule is Cc1ccc(-n2c(N)c(C(=O)N[C@H](C)CCCC(C)C)c3nc4ccccc4nc32)cc1C. The van der Waals surface area contributed by atoms with Gasteiger partial charge in [0.2, 0.25) is 0 Å². The van der Waals surface area contributed by atoms with E-state index in [0.717, 1.165) is 41.5 Å². The number of hydrogen-bond acceptors (Lipinski definition) is 4. The molecule has 1 amide bonds. The summed E-state index contributed by atoms with van der Waals surface area (Å²) in [6, 6.07) is 13.9. The number of rotatable bonds is 7. The zero-order chi connectivity index (χ0) is 23.7. The van der Waals surface area contributed by atoms with Gasteiger partial charge < -0.3 is 11.1 Å². The summed E-state index contributed by atoms with van der Waals surface area (Å²) in [5.41, 5.74) is 12.8. The van der Waals surface area contributed by atoms with Crippen LogP contribution < -0.4 is 11.1 Å². The monoisotopic (exact) mass is 443 g/mol. The molecule has 0 aliphatic carbocycles. The Bertz CT molecular complexity index is 1320. The minimum atomic E-state index is -0.207. The molecule has 0 fully saturated rings. The molecule has 0 saturated carbocycles. The molecule has 6 heteroatoms. The van der Waals surface area contributed by atoms with Crippen molar-refractivity contribution in [1.82, 2.24) is 19.9 Å². The number of carbonyl (C=O) groups is 1. The Morgan fingerprint density at radius 2 is 1.70 bits per heavy atom. The largest absolute Gasteiger partial charge is 0.384 e. The summed E-state index contributed by atoms with van der Waals surface area (Å²) in [5.74, 6) is 0.806. The van der Waals surface area contributed by atoms with Crippen molar-refractivity contribution >= 4 is 33.9 Å². The molecule has 0 saturated heterocycles. The zero-order valence-corrected chi connectivity index (χ0v) is 20.1. The van der Waals surface area contributed by atoms with Gasteiger partial charge >= 0.3 is 0 Å². The highest BCUT2D eigenvalue weighted by Crippen LogP contribution is 2.31. The van der Waals surface area contributed by atoms with Crippen molar-refractivity contribution in [2.24, 2.45) is 5.92 Å². The van der Waals surface area contributed by atoms with Crippen LogP contribution in [0, 0.1) is 19.8 Å². The first-order valence-electron chi connectivity index (χ1n) is 11.7. The fraction of sp³-hybridized carbons (Fsp3) is 0.370. The molecule has 0 aliphatic rings. The number of anilines is 1. The first kappa shape index (κ1) is 22.8. The Hall–Kier alpha value is -3.41. The summed E-state index contributed by atoms with van der Waals surface area (Å²) < 4.78 is 1.85. The number of para-hydroxylation sites is 2. The minimum absolute atomic E-state index is 0.0454. The molecule has 4 aromatic rings. The lowest BCUT2D eigenvalue weighted by molar-refractivity contribution is 0.0940. The maximum Gasteiger partial charge on any atom is 0.257 e. The van der Waals surface area contributed by atoms with Crippen LogP contribution in [0.5, 0.6) is 0 Å². The van der Waals surface area contributed by atoms with Crippen molar-refractivity contribution in [3.8, 4) is 5.69 Å². The van der Waals surface area contributed by atoms with Gasteiger partial charge in [-0.05, 0) is 68.5 Å². The van der Waals surface area contributed by atoms with Gasteiger partial charge in [-0.2, -0.15) is 0 Å². The third-order valence-corrected chi connectivity index (χ3v) is 6.27.